The van der Waals surface area contributed by atoms with Crippen molar-refractivity contribution in [1.82, 2.24) is 19.5 Å². The highest BCUT2D eigenvalue weighted by Gasteiger charge is 2.12. The fourth-order valence-electron chi connectivity index (χ4n) is 2.38. The van der Waals surface area contributed by atoms with Crippen molar-refractivity contribution in [1.29, 1.82) is 0 Å². The number of phenols is 1. The lowest BCUT2D eigenvalue weighted by Crippen LogP contribution is -2.09. The summed E-state index contributed by atoms with van der Waals surface area (Å²) in [4.78, 5) is 12.6. The Morgan fingerprint density at radius 3 is 2.61 bits per heavy atom. The minimum absolute atomic E-state index is 0.0836. The molecule has 0 radical (unpaired) electrons. The van der Waals surface area contributed by atoms with Gasteiger partial charge in [0.1, 0.15) is 29.2 Å². The SMILES string of the molecule is CCn1cnc2c(NCCc3c(F)cc(O)cc3F)ncnc21. The number of hydrogen-bond acceptors (Lipinski definition) is 5. The van der Waals surface area contributed by atoms with Gasteiger partial charge in [-0.2, -0.15) is 0 Å². The Bertz CT molecular complexity index is 826. The molecule has 120 valence electrons. The fourth-order valence-corrected chi connectivity index (χ4v) is 2.38. The van der Waals surface area contributed by atoms with E-state index >= 15 is 0 Å². The van der Waals surface area contributed by atoms with E-state index in [1.807, 2.05) is 11.5 Å². The molecule has 0 saturated heterocycles. The topological polar surface area (TPSA) is 75.9 Å². The molecule has 2 heterocycles. The molecule has 2 aromatic heterocycles. The molecule has 23 heavy (non-hydrogen) atoms. The lowest BCUT2D eigenvalue weighted by molar-refractivity contribution is 0.456. The van der Waals surface area contributed by atoms with Gasteiger partial charge in [0.2, 0.25) is 0 Å². The van der Waals surface area contributed by atoms with Crippen LogP contribution in [0.4, 0.5) is 14.6 Å². The van der Waals surface area contributed by atoms with Gasteiger partial charge in [-0.3, -0.25) is 0 Å². The van der Waals surface area contributed by atoms with Gasteiger partial charge in [-0.25, -0.2) is 23.7 Å². The van der Waals surface area contributed by atoms with Crippen LogP contribution < -0.4 is 5.32 Å². The Morgan fingerprint density at radius 2 is 1.91 bits per heavy atom. The van der Waals surface area contributed by atoms with E-state index in [2.05, 4.69) is 20.3 Å². The smallest absolute Gasteiger partial charge is 0.165 e. The Balaban J connectivity index is 1.76. The number of benzene rings is 1. The number of halogens is 2. The van der Waals surface area contributed by atoms with Gasteiger partial charge in [-0.1, -0.05) is 0 Å². The van der Waals surface area contributed by atoms with Gasteiger partial charge in [0.15, 0.2) is 11.5 Å². The second kappa shape index (κ2) is 6.15. The van der Waals surface area contributed by atoms with Crippen molar-refractivity contribution < 1.29 is 13.9 Å². The predicted molar refractivity (Wildman–Crippen MR) is 81.2 cm³/mol. The molecule has 0 aliphatic carbocycles. The number of hydrogen-bond donors (Lipinski definition) is 2. The van der Waals surface area contributed by atoms with E-state index in [-0.39, 0.29) is 18.5 Å². The third kappa shape index (κ3) is 2.92. The van der Waals surface area contributed by atoms with Crippen LogP contribution in [0.1, 0.15) is 12.5 Å². The van der Waals surface area contributed by atoms with E-state index < -0.39 is 17.4 Å². The predicted octanol–water partition coefficient (Wildman–Crippen LogP) is 2.48. The summed E-state index contributed by atoms with van der Waals surface area (Å²) in [6, 6.07) is 1.79. The average molecular weight is 319 g/mol. The first-order valence-corrected chi connectivity index (χ1v) is 7.16. The van der Waals surface area contributed by atoms with Crippen molar-refractivity contribution in [3.05, 3.63) is 42.0 Å². The van der Waals surface area contributed by atoms with E-state index in [0.29, 0.717) is 17.0 Å². The van der Waals surface area contributed by atoms with E-state index in [1.54, 1.807) is 6.33 Å². The van der Waals surface area contributed by atoms with Crippen molar-refractivity contribution in [3.63, 3.8) is 0 Å². The van der Waals surface area contributed by atoms with Gasteiger partial charge < -0.3 is 15.0 Å². The van der Waals surface area contributed by atoms with Gasteiger partial charge >= 0.3 is 0 Å². The van der Waals surface area contributed by atoms with Crippen LogP contribution in [0.3, 0.4) is 0 Å². The zero-order valence-corrected chi connectivity index (χ0v) is 12.4. The van der Waals surface area contributed by atoms with Crippen molar-refractivity contribution in [2.24, 2.45) is 0 Å². The second-order valence-corrected chi connectivity index (χ2v) is 4.99. The van der Waals surface area contributed by atoms with E-state index in [1.165, 1.54) is 6.33 Å². The average Bonchev–Trinajstić information content (AvgIpc) is 2.93. The number of nitrogens with one attached hydrogen (secondary N) is 1. The van der Waals surface area contributed by atoms with Crippen LogP contribution in [0, 0.1) is 11.6 Å². The molecule has 0 unspecified atom stereocenters. The summed E-state index contributed by atoms with van der Waals surface area (Å²) in [5.74, 6) is -1.46. The molecule has 0 atom stereocenters. The first-order chi connectivity index (χ1) is 11.1. The number of aromatic nitrogens is 4. The number of aromatic hydroxyl groups is 1. The number of imidazole rings is 1. The molecule has 0 aliphatic heterocycles. The molecule has 8 heteroatoms. The molecule has 3 rings (SSSR count). The van der Waals surface area contributed by atoms with Gasteiger partial charge in [-0.15, -0.1) is 0 Å². The van der Waals surface area contributed by atoms with Crippen molar-refractivity contribution in [3.8, 4) is 5.75 Å². The van der Waals surface area contributed by atoms with Gasteiger partial charge in [-0.05, 0) is 13.3 Å². The number of phenolic OH excluding ortho intramolecular Hbond substituents is 1. The third-order valence-corrected chi connectivity index (χ3v) is 3.54. The summed E-state index contributed by atoms with van der Waals surface area (Å²) in [5, 5.41) is 12.2. The number of fused-ring (bicyclic) bond motifs is 1. The largest absolute Gasteiger partial charge is 0.508 e. The van der Waals surface area contributed by atoms with Gasteiger partial charge in [0, 0.05) is 30.8 Å². The fraction of sp³-hybridized carbons (Fsp3) is 0.267. The maximum Gasteiger partial charge on any atom is 0.165 e. The highest BCUT2D eigenvalue weighted by atomic mass is 19.1. The number of nitrogens with zero attached hydrogens (tertiary/aromatic N) is 4. The molecule has 0 fully saturated rings. The second-order valence-electron chi connectivity index (χ2n) is 4.99. The van der Waals surface area contributed by atoms with Crippen LogP contribution in [0.15, 0.2) is 24.8 Å². The van der Waals surface area contributed by atoms with Crippen LogP contribution in [0.25, 0.3) is 11.2 Å². The normalized spacial score (nSPS) is 11.1. The summed E-state index contributed by atoms with van der Waals surface area (Å²) in [6.07, 6.45) is 3.20. The molecule has 0 saturated carbocycles. The molecular formula is C15H15F2N5O. The molecule has 0 spiro atoms. The maximum atomic E-state index is 13.7. The van der Waals surface area contributed by atoms with Crippen LogP contribution in [-0.2, 0) is 13.0 Å². The van der Waals surface area contributed by atoms with Gasteiger partial charge in [0.05, 0.1) is 6.33 Å². The lowest BCUT2D eigenvalue weighted by atomic mass is 10.1. The van der Waals surface area contributed by atoms with E-state index in [0.717, 1.165) is 18.7 Å². The van der Waals surface area contributed by atoms with Crippen LogP contribution in [-0.4, -0.2) is 31.2 Å². The maximum absolute atomic E-state index is 13.7. The molecule has 3 aromatic rings. The first kappa shape index (κ1) is 15.1. The van der Waals surface area contributed by atoms with Crippen molar-refractivity contribution in [2.45, 2.75) is 19.9 Å². The van der Waals surface area contributed by atoms with Crippen LogP contribution in [0.2, 0.25) is 0 Å². The third-order valence-electron chi connectivity index (χ3n) is 3.54. The van der Waals surface area contributed by atoms with Gasteiger partial charge in [0.25, 0.3) is 0 Å². The summed E-state index contributed by atoms with van der Waals surface area (Å²) < 4.78 is 29.2. The molecule has 0 bridgehead atoms. The van der Waals surface area contributed by atoms with Crippen molar-refractivity contribution >= 4 is 17.0 Å². The summed E-state index contributed by atoms with van der Waals surface area (Å²) >= 11 is 0. The van der Waals surface area contributed by atoms with Crippen molar-refractivity contribution in [2.75, 3.05) is 11.9 Å². The highest BCUT2D eigenvalue weighted by Crippen LogP contribution is 2.21. The monoisotopic (exact) mass is 319 g/mol. The molecule has 1 aromatic carbocycles. The molecule has 6 nitrogen and oxygen atoms in total. The molecule has 0 amide bonds. The Labute approximate surface area is 130 Å². The Hall–Kier alpha value is -2.77. The zero-order chi connectivity index (χ0) is 16.4. The number of rotatable bonds is 5. The van der Waals surface area contributed by atoms with Crippen LogP contribution in [0.5, 0.6) is 5.75 Å². The molecule has 0 aliphatic rings. The first-order valence-electron chi connectivity index (χ1n) is 7.16. The Kier molecular flexibility index (Phi) is 4.05. The quantitative estimate of drug-likeness (QED) is 0.755. The summed E-state index contributed by atoms with van der Waals surface area (Å²) in [6.45, 7) is 2.98. The standard InChI is InChI=1S/C15H15F2N5O/c1-2-22-8-21-13-14(19-7-20-15(13)22)18-4-3-10-11(16)5-9(23)6-12(10)17/h5-8,23H,2-4H2,1H3,(H,18,19,20). The minimum Gasteiger partial charge on any atom is -0.508 e. The van der Waals surface area contributed by atoms with Crippen LogP contribution >= 0.6 is 0 Å². The zero-order valence-electron chi connectivity index (χ0n) is 12.4. The molecular weight excluding hydrogens is 304 g/mol. The summed E-state index contributed by atoms with van der Waals surface area (Å²) in [7, 11) is 0. The van der Waals surface area contributed by atoms with E-state index in [4.69, 9.17) is 5.11 Å². The highest BCUT2D eigenvalue weighted by molar-refractivity contribution is 5.82. The molecule has 2 N–H and O–H groups in total. The number of anilines is 1. The summed E-state index contributed by atoms with van der Waals surface area (Å²) in [5.41, 5.74) is 1.23. The van der Waals surface area contributed by atoms with E-state index in [9.17, 15) is 8.78 Å². The number of aryl methyl sites for hydroxylation is 1. The Morgan fingerprint density at radius 1 is 1.17 bits per heavy atom. The minimum atomic E-state index is -0.771. The lowest BCUT2D eigenvalue weighted by Gasteiger charge is -2.08.